The topological polar surface area (TPSA) is 92.8 Å². The van der Waals surface area contributed by atoms with Crippen LogP contribution in [0.25, 0.3) is 0 Å². The summed E-state index contributed by atoms with van der Waals surface area (Å²) in [7, 11) is 0. The van der Waals surface area contributed by atoms with Crippen molar-refractivity contribution < 1.29 is 19.7 Å². The average Bonchev–Trinajstić information content (AvgIpc) is 2.29. The van der Waals surface area contributed by atoms with Crippen molar-refractivity contribution in [2.24, 2.45) is 0 Å². The zero-order chi connectivity index (χ0) is 13.1. The molecule has 2 atom stereocenters. The lowest BCUT2D eigenvalue weighted by molar-refractivity contribution is -0.220. The van der Waals surface area contributed by atoms with E-state index in [2.05, 4.69) is 0 Å². The van der Waals surface area contributed by atoms with E-state index in [1.165, 1.54) is 19.1 Å². The molecule has 17 heavy (non-hydrogen) atoms. The summed E-state index contributed by atoms with van der Waals surface area (Å²) in [6.07, 6.45) is -1.06. The van der Waals surface area contributed by atoms with Gasteiger partial charge < -0.3 is 20.7 Å². The second-order valence-corrected chi connectivity index (χ2v) is 3.89. The minimum Gasteiger partial charge on any atom is -0.427 e. The summed E-state index contributed by atoms with van der Waals surface area (Å²) in [6.45, 7) is 2.97. The highest BCUT2D eigenvalue weighted by Gasteiger charge is 2.35. The van der Waals surface area contributed by atoms with Crippen LogP contribution in [-0.4, -0.2) is 28.1 Å². The maximum absolute atomic E-state index is 11.7. The molecule has 94 valence electrons. The molecule has 5 nitrogen and oxygen atoms in total. The molecule has 0 saturated carbocycles. The Morgan fingerprint density at radius 3 is 2.41 bits per heavy atom. The summed E-state index contributed by atoms with van der Waals surface area (Å²) in [6, 6.07) is 6.11. The van der Waals surface area contributed by atoms with Crippen molar-refractivity contribution in [1.82, 2.24) is 0 Å². The molecule has 0 spiro atoms. The number of benzene rings is 1. The highest BCUT2D eigenvalue weighted by molar-refractivity contribution is 5.90. The molecule has 2 unspecified atom stereocenters. The Morgan fingerprint density at radius 2 is 2.00 bits per heavy atom. The van der Waals surface area contributed by atoms with E-state index in [1.807, 2.05) is 0 Å². The number of ether oxygens (including phenoxy) is 1. The summed E-state index contributed by atoms with van der Waals surface area (Å²) in [5.74, 6) is -2.56. The van der Waals surface area contributed by atoms with Crippen LogP contribution in [0.3, 0.4) is 0 Å². The Balaban J connectivity index is 2.81. The number of nitrogen functional groups attached to an aromatic ring is 1. The minimum atomic E-state index is -1.86. The van der Waals surface area contributed by atoms with Crippen molar-refractivity contribution in [1.29, 1.82) is 0 Å². The van der Waals surface area contributed by atoms with Gasteiger partial charge in [0.25, 0.3) is 0 Å². The van der Waals surface area contributed by atoms with Crippen molar-refractivity contribution in [3.05, 3.63) is 29.8 Å². The third kappa shape index (κ3) is 3.18. The van der Waals surface area contributed by atoms with Gasteiger partial charge in [-0.05, 0) is 31.2 Å². The van der Waals surface area contributed by atoms with Gasteiger partial charge in [0.1, 0.15) is 6.10 Å². The number of rotatable bonds is 4. The number of hydrogen-bond acceptors (Lipinski definition) is 5. The number of esters is 1. The largest absolute Gasteiger partial charge is 0.427 e. The fraction of sp³-hybridized carbons (Fsp3) is 0.417. The molecule has 0 aliphatic heterocycles. The van der Waals surface area contributed by atoms with Crippen LogP contribution in [0.4, 0.5) is 5.69 Å². The standard InChI is InChI=1S/C12H17NO4/c1-3-12(16,8(2)14)17-11(15)9-4-6-10(13)7-5-9/h4-8,14,16H,3,13H2,1-2H3. The van der Waals surface area contributed by atoms with Gasteiger partial charge in [-0.25, -0.2) is 4.79 Å². The predicted molar refractivity (Wildman–Crippen MR) is 63.2 cm³/mol. The molecular weight excluding hydrogens is 222 g/mol. The maximum Gasteiger partial charge on any atom is 0.340 e. The van der Waals surface area contributed by atoms with Crippen LogP contribution in [0.15, 0.2) is 24.3 Å². The van der Waals surface area contributed by atoms with E-state index < -0.39 is 17.9 Å². The molecule has 0 heterocycles. The summed E-state index contributed by atoms with van der Waals surface area (Å²) < 4.78 is 4.90. The van der Waals surface area contributed by atoms with Crippen LogP contribution >= 0.6 is 0 Å². The Morgan fingerprint density at radius 1 is 1.47 bits per heavy atom. The first-order chi connectivity index (χ1) is 7.89. The second kappa shape index (κ2) is 5.16. The number of hydrogen-bond donors (Lipinski definition) is 3. The first kappa shape index (κ1) is 13.5. The molecule has 1 aromatic rings. The third-order valence-electron chi connectivity index (χ3n) is 2.58. The molecular formula is C12H17NO4. The quantitative estimate of drug-likeness (QED) is 0.412. The van der Waals surface area contributed by atoms with Gasteiger partial charge >= 0.3 is 5.97 Å². The monoisotopic (exact) mass is 239 g/mol. The van der Waals surface area contributed by atoms with Crippen LogP contribution in [0.2, 0.25) is 0 Å². The minimum absolute atomic E-state index is 0.103. The molecule has 0 bridgehead atoms. The molecule has 1 rings (SSSR count). The Labute approximate surface area is 99.8 Å². The fourth-order valence-electron chi connectivity index (χ4n) is 1.29. The summed E-state index contributed by atoms with van der Waals surface area (Å²) in [5.41, 5.74) is 6.29. The van der Waals surface area contributed by atoms with Crippen LogP contribution in [-0.2, 0) is 4.74 Å². The van der Waals surface area contributed by atoms with Crippen LogP contribution in [0.5, 0.6) is 0 Å². The van der Waals surface area contributed by atoms with Crippen molar-refractivity contribution in [3.8, 4) is 0 Å². The van der Waals surface area contributed by atoms with Crippen molar-refractivity contribution in [2.75, 3.05) is 5.73 Å². The van der Waals surface area contributed by atoms with Gasteiger partial charge in [-0.15, -0.1) is 0 Å². The number of nitrogens with two attached hydrogens (primary N) is 1. The Bertz CT molecular complexity index is 388. The zero-order valence-corrected chi connectivity index (χ0v) is 9.88. The van der Waals surface area contributed by atoms with Crippen LogP contribution < -0.4 is 5.73 Å². The molecule has 0 amide bonds. The molecule has 1 aromatic carbocycles. The lowest BCUT2D eigenvalue weighted by atomic mass is 10.1. The number of aliphatic hydroxyl groups is 2. The zero-order valence-electron chi connectivity index (χ0n) is 9.88. The summed E-state index contributed by atoms with van der Waals surface area (Å²) in [5, 5.41) is 19.2. The smallest absolute Gasteiger partial charge is 0.340 e. The van der Waals surface area contributed by atoms with Gasteiger partial charge in [0.05, 0.1) is 5.56 Å². The number of anilines is 1. The fourth-order valence-corrected chi connectivity index (χ4v) is 1.29. The molecule has 0 aliphatic carbocycles. The average molecular weight is 239 g/mol. The molecule has 0 aromatic heterocycles. The molecule has 0 radical (unpaired) electrons. The SMILES string of the molecule is CCC(O)(OC(=O)c1ccc(N)cc1)C(C)O. The van der Waals surface area contributed by atoms with E-state index in [0.29, 0.717) is 5.69 Å². The van der Waals surface area contributed by atoms with Crippen molar-refractivity contribution >= 4 is 11.7 Å². The van der Waals surface area contributed by atoms with E-state index in [9.17, 15) is 15.0 Å². The maximum atomic E-state index is 11.7. The molecule has 0 aliphatic rings. The predicted octanol–water partition coefficient (Wildman–Crippen LogP) is 0.905. The van der Waals surface area contributed by atoms with Gasteiger partial charge in [-0.1, -0.05) is 6.92 Å². The second-order valence-electron chi connectivity index (χ2n) is 3.89. The first-order valence-electron chi connectivity index (χ1n) is 5.38. The number of aliphatic hydroxyl groups excluding tert-OH is 1. The lowest BCUT2D eigenvalue weighted by Crippen LogP contribution is -2.44. The Hall–Kier alpha value is -1.59. The summed E-state index contributed by atoms with van der Waals surface area (Å²) >= 11 is 0. The van der Waals surface area contributed by atoms with E-state index >= 15 is 0 Å². The van der Waals surface area contributed by atoms with E-state index in [4.69, 9.17) is 10.5 Å². The van der Waals surface area contributed by atoms with Gasteiger partial charge in [0.2, 0.25) is 5.79 Å². The molecule has 4 N–H and O–H groups in total. The lowest BCUT2D eigenvalue weighted by Gasteiger charge is -2.29. The van der Waals surface area contributed by atoms with Crippen molar-refractivity contribution in [2.45, 2.75) is 32.2 Å². The van der Waals surface area contributed by atoms with Crippen molar-refractivity contribution in [3.63, 3.8) is 0 Å². The van der Waals surface area contributed by atoms with Gasteiger partial charge in [0.15, 0.2) is 0 Å². The first-order valence-corrected chi connectivity index (χ1v) is 5.38. The normalized spacial score (nSPS) is 16.0. The van der Waals surface area contributed by atoms with Crippen LogP contribution in [0.1, 0.15) is 30.6 Å². The number of carbonyl (C=O) groups is 1. The molecule has 0 fully saturated rings. The Kier molecular flexibility index (Phi) is 4.09. The van der Waals surface area contributed by atoms with Gasteiger partial charge in [-0.2, -0.15) is 0 Å². The highest BCUT2D eigenvalue weighted by Crippen LogP contribution is 2.19. The van der Waals surface area contributed by atoms with E-state index in [0.717, 1.165) is 0 Å². The summed E-state index contributed by atoms with van der Waals surface area (Å²) in [4.78, 5) is 11.7. The molecule has 0 saturated heterocycles. The highest BCUT2D eigenvalue weighted by atomic mass is 16.7. The van der Waals surface area contributed by atoms with Gasteiger partial charge in [0, 0.05) is 12.1 Å². The third-order valence-corrected chi connectivity index (χ3v) is 2.58. The number of carbonyl (C=O) groups excluding carboxylic acids is 1. The van der Waals surface area contributed by atoms with Crippen LogP contribution in [0, 0.1) is 0 Å². The van der Waals surface area contributed by atoms with Gasteiger partial charge in [-0.3, -0.25) is 0 Å². The van der Waals surface area contributed by atoms with E-state index in [-0.39, 0.29) is 12.0 Å². The van der Waals surface area contributed by atoms with E-state index in [1.54, 1.807) is 19.1 Å². The molecule has 5 heteroatoms.